The monoisotopic (exact) mass is 276 g/mol. The van der Waals surface area contributed by atoms with Crippen molar-refractivity contribution in [2.45, 2.75) is 9.79 Å². The summed E-state index contributed by atoms with van der Waals surface area (Å²) in [4.78, 5) is 1.40. The summed E-state index contributed by atoms with van der Waals surface area (Å²) in [6, 6.07) is 6.89. The van der Waals surface area contributed by atoms with Gasteiger partial charge in [0.05, 0.1) is 4.90 Å². The summed E-state index contributed by atoms with van der Waals surface area (Å²) in [6.07, 6.45) is 5.08. The molecule has 0 heterocycles. The Morgan fingerprint density at radius 3 is 2.38 bits per heavy atom. The largest absolute Gasteiger partial charge is 0.224 e. The van der Waals surface area contributed by atoms with Gasteiger partial charge in [-0.15, -0.1) is 23.4 Å². The molecule has 2 nitrogen and oxygen atoms in total. The third-order valence-corrected chi connectivity index (χ3v) is 4.13. The van der Waals surface area contributed by atoms with E-state index in [1.165, 1.54) is 6.26 Å². The number of thioether (sulfide) groups is 1. The maximum Gasteiger partial charge on any atom is 0.175 e. The number of alkyl halides is 1. The van der Waals surface area contributed by atoms with Crippen molar-refractivity contribution in [3.05, 3.63) is 36.4 Å². The minimum Gasteiger partial charge on any atom is -0.224 e. The van der Waals surface area contributed by atoms with Crippen LogP contribution in [0.2, 0.25) is 0 Å². The first-order valence-corrected chi connectivity index (χ1v) is 8.09. The summed E-state index contributed by atoms with van der Waals surface area (Å²) in [5.41, 5.74) is 0. The Balaban J connectivity index is 2.62. The fourth-order valence-corrected chi connectivity index (χ4v) is 2.57. The fourth-order valence-electron chi connectivity index (χ4n) is 1.06. The predicted octanol–water partition coefficient (Wildman–Crippen LogP) is 2.98. The highest BCUT2D eigenvalue weighted by Gasteiger charge is 2.05. The lowest BCUT2D eigenvalue weighted by molar-refractivity contribution is 0.602. The van der Waals surface area contributed by atoms with Gasteiger partial charge in [-0.2, -0.15) is 0 Å². The average Bonchev–Trinajstić information content (AvgIpc) is 2.24. The zero-order valence-electron chi connectivity index (χ0n) is 8.89. The van der Waals surface area contributed by atoms with Gasteiger partial charge in [-0.1, -0.05) is 12.2 Å². The van der Waals surface area contributed by atoms with Gasteiger partial charge in [-0.25, -0.2) is 8.42 Å². The van der Waals surface area contributed by atoms with Crippen LogP contribution in [0.4, 0.5) is 0 Å². The van der Waals surface area contributed by atoms with Gasteiger partial charge in [-0.05, 0) is 24.3 Å². The second kappa shape index (κ2) is 6.33. The van der Waals surface area contributed by atoms with Gasteiger partial charge in [0.15, 0.2) is 9.84 Å². The highest BCUT2D eigenvalue weighted by atomic mass is 35.5. The van der Waals surface area contributed by atoms with E-state index in [0.717, 1.165) is 10.6 Å². The Morgan fingerprint density at radius 2 is 1.88 bits per heavy atom. The van der Waals surface area contributed by atoms with Crippen molar-refractivity contribution in [2.24, 2.45) is 0 Å². The second-order valence-electron chi connectivity index (χ2n) is 3.18. The smallest absolute Gasteiger partial charge is 0.175 e. The van der Waals surface area contributed by atoms with Crippen LogP contribution in [0.25, 0.3) is 0 Å². The molecule has 0 aromatic heterocycles. The molecule has 0 saturated heterocycles. The van der Waals surface area contributed by atoms with E-state index in [-0.39, 0.29) is 0 Å². The maximum absolute atomic E-state index is 11.2. The first-order chi connectivity index (χ1) is 7.54. The number of sulfone groups is 1. The molecule has 16 heavy (non-hydrogen) atoms. The zero-order chi connectivity index (χ0) is 12.0. The molecule has 0 aliphatic carbocycles. The van der Waals surface area contributed by atoms with Crippen LogP contribution in [0.3, 0.4) is 0 Å². The predicted molar refractivity (Wildman–Crippen MR) is 70.1 cm³/mol. The molecule has 0 fully saturated rings. The van der Waals surface area contributed by atoms with Crippen molar-refractivity contribution in [1.29, 1.82) is 0 Å². The number of benzene rings is 1. The lowest BCUT2D eigenvalue weighted by Gasteiger charge is -2.00. The maximum atomic E-state index is 11.2. The molecule has 1 aromatic rings. The van der Waals surface area contributed by atoms with Crippen molar-refractivity contribution in [3.63, 3.8) is 0 Å². The molecule has 0 radical (unpaired) electrons. The summed E-state index contributed by atoms with van der Waals surface area (Å²) < 4.78 is 22.4. The minimum atomic E-state index is -3.09. The average molecular weight is 277 g/mol. The summed E-state index contributed by atoms with van der Waals surface area (Å²) in [7, 11) is -3.09. The molecule has 0 aliphatic heterocycles. The van der Waals surface area contributed by atoms with E-state index >= 15 is 0 Å². The van der Waals surface area contributed by atoms with Crippen molar-refractivity contribution in [3.8, 4) is 0 Å². The van der Waals surface area contributed by atoms with Crippen LogP contribution < -0.4 is 0 Å². The molecule has 88 valence electrons. The molecule has 1 rings (SSSR count). The van der Waals surface area contributed by atoms with Crippen LogP contribution in [0.5, 0.6) is 0 Å². The minimum absolute atomic E-state index is 0.355. The molecule has 0 unspecified atom stereocenters. The molecule has 0 N–H and O–H groups in total. The second-order valence-corrected chi connectivity index (χ2v) is 6.60. The topological polar surface area (TPSA) is 34.1 Å². The Kier molecular flexibility index (Phi) is 5.38. The summed E-state index contributed by atoms with van der Waals surface area (Å²) in [6.45, 7) is 0. The molecular formula is C11H13ClO2S2. The molecule has 5 heteroatoms. The number of allylic oxidation sites excluding steroid dienone is 1. The Labute approximate surface area is 106 Å². The van der Waals surface area contributed by atoms with Crippen molar-refractivity contribution in [2.75, 3.05) is 17.9 Å². The first-order valence-electron chi connectivity index (χ1n) is 4.68. The van der Waals surface area contributed by atoms with Gasteiger partial charge in [-0.3, -0.25) is 0 Å². The lowest BCUT2D eigenvalue weighted by atomic mass is 10.4. The van der Waals surface area contributed by atoms with E-state index in [0.29, 0.717) is 10.8 Å². The van der Waals surface area contributed by atoms with E-state index in [4.69, 9.17) is 11.6 Å². The molecule has 1 aromatic carbocycles. The number of hydrogen-bond donors (Lipinski definition) is 0. The van der Waals surface area contributed by atoms with E-state index in [1.807, 2.05) is 24.3 Å². The number of hydrogen-bond acceptors (Lipinski definition) is 3. The van der Waals surface area contributed by atoms with Crippen molar-refractivity contribution < 1.29 is 8.42 Å². The van der Waals surface area contributed by atoms with Crippen LogP contribution >= 0.6 is 23.4 Å². The van der Waals surface area contributed by atoms with Crippen LogP contribution in [0, 0.1) is 0 Å². The fraction of sp³-hybridized carbons (Fsp3) is 0.273. The van der Waals surface area contributed by atoms with Gasteiger partial charge in [0.1, 0.15) is 0 Å². The van der Waals surface area contributed by atoms with Crippen molar-refractivity contribution in [1.82, 2.24) is 0 Å². The van der Waals surface area contributed by atoms with Crippen LogP contribution in [0.15, 0.2) is 46.2 Å². The molecular weight excluding hydrogens is 264 g/mol. The molecule has 0 spiro atoms. The standard InChI is InChI=1S/C11H13ClO2S2/c1-16(13,14)11-6-4-10(5-7-11)15-9-3-2-8-12/h2-7H,8-9H2,1H3. The normalized spacial score (nSPS) is 12.1. The van der Waals surface area contributed by atoms with E-state index in [1.54, 1.807) is 23.9 Å². The molecule has 0 atom stereocenters. The lowest BCUT2D eigenvalue weighted by Crippen LogP contribution is -1.95. The van der Waals surface area contributed by atoms with Gasteiger partial charge in [0.2, 0.25) is 0 Å². The third kappa shape index (κ3) is 4.60. The molecule has 0 aliphatic rings. The highest BCUT2D eigenvalue weighted by Crippen LogP contribution is 2.20. The first kappa shape index (κ1) is 13.6. The van der Waals surface area contributed by atoms with Crippen LogP contribution in [0.1, 0.15) is 0 Å². The summed E-state index contributed by atoms with van der Waals surface area (Å²) in [5.74, 6) is 1.36. The van der Waals surface area contributed by atoms with E-state index in [9.17, 15) is 8.42 Å². The van der Waals surface area contributed by atoms with Crippen molar-refractivity contribution >= 4 is 33.2 Å². The zero-order valence-corrected chi connectivity index (χ0v) is 11.3. The van der Waals surface area contributed by atoms with E-state index < -0.39 is 9.84 Å². The SMILES string of the molecule is CS(=O)(=O)c1ccc(SCC=CCCl)cc1. The highest BCUT2D eigenvalue weighted by molar-refractivity contribution is 7.99. The Bertz CT molecular complexity index is 449. The summed E-state index contributed by atoms with van der Waals surface area (Å²) >= 11 is 7.13. The summed E-state index contributed by atoms with van der Waals surface area (Å²) in [5, 5.41) is 0. The van der Waals surface area contributed by atoms with Crippen LogP contribution in [-0.4, -0.2) is 26.3 Å². The van der Waals surface area contributed by atoms with Gasteiger partial charge < -0.3 is 0 Å². The third-order valence-electron chi connectivity index (χ3n) is 1.85. The number of rotatable bonds is 5. The Morgan fingerprint density at radius 1 is 1.25 bits per heavy atom. The molecule has 0 bridgehead atoms. The van der Waals surface area contributed by atoms with Gasteiger partial charge in [0.25, 0.3) is 0 Å². The van der Waals surface area contributed by atoms with Crippen LogP contribution in [-0.2, 0) is 9.84 Å². The molecule has 0 saturated carbocycles. The van der Waals surface area contributed by atoms with Gasteiger partial charge in [0, 0.05) is 22.8 Å². The Hall–Kier alpha value is -0.450. The number of halogens is 1. The quantitative estimate of drug-likeness (QED) is 0.471. The van der Waals surface area contributed by atoms with E-state index in [2.05, 4.69) is 0 Å². The molecule has 0 amide bonds. The van der Waals surface area contributed by atoms with Gasteiger partial charge >= 0.3 is 0 Å².